The number of ketones is 1. The Balaban J connectivity index is 2.18. The van der Waals surface area contributed by atoms with Crippen LogP contribution in [-0.2, 0) is 9.59 Å². The number of aryl methyl sites for hydroxylation is 2. The molecule has 1 aliphatic rings. The van der Waals surface area contributed by atoms with Gasteiger partial charge in [-0.15, -0.1) is 0 Å². The second kappa shape index (κ2) is 7.94. The molecule has 1 fully saturated rings. The van der Waals surface area contributed by atoms with Crippen LogP contribution in [0.25, 0.3) is 5.76 Å². The number of aromatic nitrogens is 1. The fraction of sp³-hybridized carbons (Fsp3) is 0.318. The highest BCUT2D eigenvalue weighted by Gasteiger charge is 2.45. The lowest BCUT2D eigenvalue weighted by Gasteiger charge is -2.26. The summed E-state index contributed by atoms with van der Waals surface area (Å²) in [6, 6.07) is 8.59. The number of carbonyl (C=O) groups excluding carboxylic acids is 2. The van der Waals surface area contributed by atoms with Gasteiger partial charge in [0.2, 0.25) is 0 Å². The van der Waals surface area contributed by atoms with Crippen LogP contribution in [0.3, 0.4) is 0 Å². The van der Waals surface area contributed by atoms with E-state index >= 15 is 0 Å². The summed E-state index contributed by atoms with van der Waals surface area (Å²) in [5.41, 5.74) is 3.26. The van der Waals surface area contributed by atoms with Crippen LogP contribution in [0.15, 0.2) is 48.3 Å². The minimum absolute atomic E-state index is 0.128. The number of aliphatic hydroxyl groups is 1. The number of likely N-dealkylation sites (N-methyl/N-ethyl adjacent to an activating group) is 1. The van der Waals surface area contributed by atoms with Gasteiger partial charge in [-0.3, -0.25) is 14.6 Å². The Bertz CT molecular complexity index is 935. The van der Waals surface area contributed by atoms with E-state index in [0.717, 1.165) is 16.7 Å². The summed E-state index contributed by atoms with van der Waals surface area (Å²) in [6.07, 6.45) is 3.25. The maximum Gasteiger partial charge on any atom is 0.295 e. The molecular formula is C22H25N3O3. The van der Waals surface area contributed by atoms with Crippen molar-refractivity contribution < 1.29 is 14.7 Å². The fourth-order valence-electron chi connectivity index (χ4n) is 3.45. The predicted octanol–water partition coefficient (Wildman–Crippen LogP) is 2.68. The number of hydrogen-bond acceptors (Lipinski definition) is 5. The van der Waals surface area contributed by atoms with E-state index < -0.39 is 17.7 Å². The van der Waals surface area contributed by atoms with Crippen LogP contribution < -0.4 is 0 Å². The molecule has 146 valence electrons. The lowest BCUT2D eigenvalue weighted by molar-refractivity contribution is -0.140. The topological polar surface area (TPSA) is 73.7 Å². The summed E-state index contributed by atoms with van der Waals surface area (Å²) >= 11 is 0. The molecule has 1 amide bonds. The number of aliphatic hydroxyl groups excluding tert-OH is 1. The van der Waals surface area contributed by atoms with Gasteiger partial charge in [0.05, 0.1) is 11.6 Å². The third-order valence-corrected chi connectivity index (χ3v) is 5.00. The van der Waals surface area contributed by atoms with Crippen molar-refractivity contribution in [2.45, 2.75) is 19.9 Å². The lowest BCUT2D eigenvalue weighted by atomic mass is 9.94. The molecule has 0 radical (unpaired) electrons. The monoisotopic (exact) mass is 379 g/mol. The molecule has 1 N–H and O–H groups in total. The van der Waals surface area contributed by atoms with Gasteiger partial charge in [0.15, 0.2) is 0 Å². The van der Waals surface area contributed by atoms with E-state index in [4.69, 9.17) is 0 Å². The first-order chi connectivity index (χ1) is 13.3. The highest BCUT2D eigenvalue weighted by molar-refractivity contribution is 6.46. The molecule has 1 unspecified atom stereocenters. The van der Waals surface area contributed by atoms with Gasteiger partial charge in [-0.25, -0.2) is 0 Å². The first-order valence-electron chi connectivity index (χ1n) is 9.22. The standard InChI is InChI=1S/C22H25N3O3/c1-14-5-6-15(2)17(13-14)20(26)18-19(16-7-9-23-10-8-16)25(12-11-24(3)4)22(28)21(18)27/h5-10,13,19,26H,11-12H2,1-4H3/b20-18+. The summed E-state index contributed by atoms with van der Waals surface area (Å²) in [5, 5.41) is 11.1. The van der Waals surface area contributed by atoms with Crippen LogP contribution in [0.1, 0.15) is 28.3 Å². The van der Waals surface area contributed by atoms with E-state index in [0.29, 0.717) is 18.7 Å². The SMILES string of the molecule is Cc1ccc(C)c(/C(O)=C2\C(=O)C(=O)N(CCN(C)C)C2c2ccncc2)c1. The van der Waals surface area contributed by atoms with Crippen molar-refractivity contribution in [3.63, 3.8) is 0 Å². The van der Waals surface area contributed by atoms with Crippen molar-refractivity contribution in [2.75, 3.05) is 27.2 Å². The molecule has 28 heavy (non-hydrogen) atoms. The number of amides is 1. The second-order valence-corrected chi connectivity index (χ2v) is 7.39. The fourth-order valence-corrected chi connectivity index (χ4v) is 3.45. The van der Waals surface area contributed by atoms with E-state index in [1.165, 1.54) is 4.90 Å². The molecule has 1 aliphatic heterocycles. The van der Waals surface area contributed by atoms with Crippen molar-refractivity contribution in [1.29, 1.82) is 0 Å². The molecule has 2 heterocycles. The highest BCUT2D eigenvalue weighted by atomic mass is 16.3. The van der Waals surface area contributed by atoms with Gasteiger partial charge in [-0.05, 0) is 57.3 Å². The molecule has 1 atom stereocenters. The largest absolute Gasteiger partial charge is 0.507 e. The highest BCUT2D eigenvalue weighted by Crippen LogP contribution is 2.39. The average molecular weight is 379 g/mol. The number of rotatable bonds is 5. The normalized spacial score (nSPS) is 18.9. The van der Waals surface area contributed by atoms with Gasteiger partial charge in [0, 0.05) is 31.0 Å². The smallest absolute Gasteiger partial charge is 0.295 e. The summed E-state index contributed by atoms with van der Waals surface area (Å²) in [7, 11) is 3.82. The van der Waals surface area contributed by atoms with Crippen LogP contribution in [0, 0.1) is 13.8 Å². The Kier molecular flexibility index (Phi) is 5.61. The zero-order valence-electron chi connectivity index (χ0n) is 16.6. The molecule has 0 aliphatic carbocycles. The Hall–Kier alpha value is -2.99. The van der Waals surface area contributed by atoms with Gasteiger partial charge in [-0.1, -0.05) is 17.7 Å². The molecule has 1 aromatic heterocycles. The van der Waals surface area contributed by atoms with Crippen molar-refractivity contribution in [3.05, 3.63) is 70.6 Å². The van der Waals surface area contributed by atoms with E-state index in [9.17, 15) is 14.7 Å². The minimum Gasteiger partial charge on any atom is -0.507 e. The van der Waals surface area contributed by atoms with Gasteiger partial charge in [-0.2, -0.15) is 0 Å². The maximum absolute atomic E-state index is 12.9. The predicted molar refractivity (Wildman–Crippen MR) is 108 cm³/mol. The number of Topliss-reactive ketones (excluding diaryl/α,β-unsaturated/α-hetero) is 1. The number of pyridine rings is 1. The Morgan fingerprint density at radius 2 is 1.82 bits per heavy atom. The number of benzene rings is 1. The van der Waals surface area contributed by atoms with Gasteiger partial charge in [0.25, 0.3) is 11.7 Å². The van der Waals surface area contributed by atoms with Gasteiger partial charge in [0.1, 0.15) is 5.76 Å². The second-order valence-electron chi connectivity index (χ2n) is 7.39. The van der Waals surface area contributed by atoms with Gasteiger partial charge < -0.3 is 14.9 Å². The van der Waals surface area contributed by atoms with Crippen molar-refractivity contribution in [2.24, 2.45) is 0 Å². The molecule has 2 aromatic rings. The Labute approximate surface area is 165 Å². The third-order valence-electron chi connectivity index (χ3n) is 5.00. The quantitative estimate of drug-likeness (QED) is 0.491. The summed E-state index contributed by atoms with van der Waals surface area (Å²) < 4.78 is 0. The lowest BCUT2D eigenvalue weighted by Crippen LogP contribution is -2.35. The minimum atomic E-state index is -0.654. The number of nitrogens with zero attached hydrogens (tertiary/aromatic N) is 3. The zero-order chi connectivity index (χ0) is 20.4. The first kappa shape index (κ1) is 19.8. The van der Waals surface area contributed by atoms with Crippen LogP contribution in [0.5, 0.6) is 0 Å². The van der Waals surface area contributed by atoms with Crippen molar-refractivity contribution in [1.82, 2.24) is 14.8 Å². The number of likely N-dealkylation sites (tertiary alicyclic amines) is 1. The molecule has 6 heteroatoms. The van der Waals surface area contributed by atoms with Gasteiger partial charge >= 0.3 is 0 Å². The number of hydrogen-bond donors (Lipinski definition) is 1. The van der Waals surface area contributed by atoms with Crippen molar-refractivity contribution >= 4 is 17.4 Å². The Morgan fingerprint density at radius 1 is 1.14 bits per heavy atom. The molecule has 6 nitrogen and oxygen atoms in total. The van der Waals surface area contributed by atoms with Crippen LogP contribution in [-0.4, -0.2) is 58.8 Å². The van der Waals surface area contributed by atoms with Crippen molar-refractivity contribution in [3.8, 4) is 0 Å². The van der Waals surface area contributed by atoms with E-state index in [1.54, 1.807) is 24.5 Å². The van der Waals surface area contributed by atoms with Crippen LogP contribution >= 0.6 is 0 Å². The average Bonchev–Trinajstić information content (AvgIpc) is 2.93. The molecule has 0 spiro atoms. The van der Waals surface area contributed by atoms with E-state index in [1.807, 2.05) is 51.0 Å². The summed E-state index contributed by atoms with van der Waals surface area (Å²) in [4.78, 5) is 33.2. The molecule has 0 saturated carbocycles. The Morgan fingerprint density at radius 3 is 2.46 bits per heavy atom. The third kappa shape index (κ3) is 3.68. The summed E-state index contributed by atoms with van der Waals surface area (Å²) in [6.45, 7) is 4.79. The van der Waals surface area contributed by atoms with E-state index in [2.05, 4.69) is 4.98 Å². The molecule has 0 bridgehead atoms. The summed E-state index contributed by atoms with van der Waals surface area (Å²) in [5.74, 6) is -1.37. The van der Waals surface area contributed by atoms with Crippen LogP contribution in [0.2, 0.25) is 0 Å². The first-order valence-corrected chi connectivity index (χ1v) is 9.22. The molecular weight excluding hydrogens is 354 g/mol. The molecule has 3 rings (SSSR count). The van der Waals surface area contributed by atoms with E-state index in [-0.39, 0.29) is 11.3 Å². The number of carbonyl (C=O) groups is 2. The molecule has 1 aromatic carbocycles. The maximum atomic E-state index is 12.9. The zero-order valence-corrected chi connectivity index (χ0v) is 16.6. The molecule has 1 saturated heterocycles. The van der Waals surface area contributed by atoms with Crippen LogP contribution in [0.4, 0.5) is 0 Å².